The van der Waals surface area contributed by atoms with Gasteiger partial charge in [-0.1, -0.05) is 6.08 Å². The molecule has 0 unspecified atom stereocenters. The third kappa shape index (κ3) is 4.47. The normalized spacial score (nSPS) is 15.0. The summed E-state index contributed by atoms with van der Waals surface area (Å²) in [5.74, 6) is 0.132. The van der Waals surface area contributed by atoms with Gasteiger partial charge in [0.25, 0.3) is 0 Å². The van der Waals surface area contributed by atoms with E-state index in [1.165, 1.54) is 13.0 Å². The molecule has 0 aromatic heterocycles. The van der Waals surface area contributed by atoms with E-state index in [0.29, 0.717) is 47.9 Å². The molecule has 0 aliphatic rings. The predicted octanol–water partition coefficient (Wildman–Crippen LogP) is 4.36. The molecule has 0 spiro atoms. The summed E-state index contributed by atoms with van der Waals surface area (Å²) in [7, 11) is 0. The molecule has 0 saturated heterocycles. The van der Waals surface area contributed by atoms with Crippen LogP contribution in [0.25, 0.3) is 0 Å². The number of halogens is 1. The van der Waals surface area contributed by atoms with E-state index >= 15 is 0 Å². The highest BCUT2D eigenvalue weighted by atomic mass is 19.1. The minimum atomic E-state index is -0.945. The lowest BCUT2D eigenvalue weighted by Gasteiger charge is -2.24. The van der Waals surface area contributed by atoms with Crippen molar-refractivity contribution >= 4 is 0 Å². The van der Waals surface area contributed by atoms with Crippen molar-refractivity contribution in [2.24, 2.45) is 0 Å². The molecule has 0 fully saturated rings. The highest BCUT2D eigenvalue weighted by Crippen LogP contribution is 2.37. The Labute approximate surface area is 132 Å². The van der Waals surface area contributed by atoms with Crippen molar-refractivity contribution in [3.63, 3.8) is 0 Å². The summed E-state index contributed by atoms with van der Waals surface area (Å²) in [6.45, 7) is 8.39. The molecule has 0 heterocycles. The van der Waals surface area contributed by atoms with Crippen molar-refractivity contribution in [1.82, 2.24) is 0 Å². The molecule has 1 aromatic carbocycles. The zero-order valence-corrected chi connectivity index (χ0v) is 14.1. The Morgan fingerprint density at radius 3 is 2.14 bits per heavy atom. The van der Waals surface area contributed by atoms with E-state index in [4.69, 9.17) is 0 Å². The quantitative estimate of drug-likeness (QED) is 0.684. The summed E-state index contributed by atoms with van der Waals surface area (Å²) in [4.78, 5) is 0. The Morgan fingerprint density at radius 1 is 1.05 bits per heavy atom. The summed E-state index contributed by atoms with van der Waals surface area (Å²) < 4.78 is 12.7. The Kier molecular flexibility index (Phi) is 6.00. The molecular formula is C18H27FO3. The minimum Gasteiger partial charge on any atom is -0.507 e. The Balaban J connectivity index is 2.86. The van der Waals surface area contributed by atoms with Gasteiger partial charge in [-0.25, -0.2) is 4.39 Å². The first-order valence-electron chi connectivity index (χ1n) is 7.62. The van der Waals surface area contributed by atoms with Crippen LogP contribution < -0.4 is 0 Å². The van der Waals surface area contributed by atoms with Gasteiger partial charge in [0.05, 0.1) is 11.4 Å². The van der Waals surface area contributed by atoms with Crippen molar-refractivity contribution in [1.29, 1.82) is 0 Å². The number of hydrogen-bond acceptors (Lipinski definition) is 3. The molecule has 0 bridgehead atoms. The first kappa shape index (κ1) is 18.5. The molecule has 1 rings (SSSR count). The summed E-state index contributed by atoms with van der Waals surface area (Å²) in [5.41, 5.74) is 1.70. The fourth-order valence-corrected chi connectivity index (χ4v) is 2.59. The van der Waals surface area contributed by atoms with E-state index in [1.54, 1.807) is 27.7 Å². The van der Waals surface area contributed by atoms with Gasteiger partial charge in [0, 0.05) is 5.56 Å². The zero-order chi connectivity index (χ0) is 17.1. The fourth-order valence-electron chi connectivity index (χ4n) is 2.59. The lowest BCUT2D eigenvalue weighted by Crippen LogP contribution is -2.24. The van der Waals surface area contributed by atoms with Gasteiger partial charge in [-0.05, 0) is 77.0 Å². The molecule has 1 atom stereocenters. The van der Waals surface area contributed by atoms with Crippen LogP contribution in [-0.4, -0.2) is 20.9 Å². The number of phenols is 2. The van der Waals surface area contributed by atoms with Crippen LogP contribution in [-0.2, 0) is 6.42 Å². The van der Waals surface area contributed by atoms with Gasteiger partial charge < -0.3 is 15.3 Å². The largest absolute Gasteiger partial charge is 0.507 e. The Morgan fingerprint density at radius 2 is 1.59 bits per heavy atom. The smallest absolute Gasteiger partial charge is 0.122 e. The van der Waals surface area contributed by atoms with Crippen LogP contribution in [0.2, 0.25) is 0 Å². The fraction of sp³-hybridized carbons (Fsp3) is 0.556. The van der Waals surface area contributed by atoms with Crippen LogP contribution in [0.1, 0.15) is 55.4 Å². The van der Waals surface area contributed by atoms with E-state index < -0.39 is 5.60 Å². The number of hydrogen-bond donors (Lipinski definition) is 3. The number of allylic oxidation sites excluding steroid dienone is 2. The van der Waals surface area contributed by atoms with Crippen LogP contribution >= 0.6 is 0 Å². The zero-order valence-electron chi connectivity index (χ0n) is 14.1. The van der Waals surface area contributed by atoms with Crippen molar-refractivity contribution in [3.05, 3.63) is 34.2 Å². The highest BCUT2D eigenvalue weighted by molar-refractivity contribution is 5.56. The molecule has 4 heteroatoms. The van der Waals surface area contributed by atoms with Gasteiger partial charge in [-0.3, -0.25) is 0 Å². The molecule has 3 N–H and O–H groups in total. The number of aliphatic hydroxyl groups is 1. The van der Waals surface area contributed by atoms with E-state index in [1.807, 2.05) is 0 Å². The third-order valence-electron chi connectivity index (χ3n) is 4.39. The van der Waals surface area contributed by atoms with E-state index in [2.05, 4.69) is 0 Å². The second-order valence-electron chi connectivity index (χ2n) is 6.38. The number of phenolic OH excluding ortho intramolecular Hbond substituents is 2. The monoisotopic (exact) mass is 310 g/mol. The highest BCUT2D eigenvalue weighted by Gasteiger charge is 2.22. The summed E-state index contributed by atoms with van der Waals surface area (Å²) in [5, 5.41) is 30.7. The van der Waals surface area contributed by atoms with Crippen LogP contribution in [0.4, 0.5) is 4.39 Å². The van der Waals surface area contributed by atoms with Gasteiger partial charge in [0.2, 0.25) is 0 Å². The van der Waals surface area contributed by atoms with E-state index in [0.717, 1.165) is 0 Å². The summed E-state index contributed by atoms with van der Waals surface area (Å²) in [6, 6.07) is 0. The maximum Gasteiger partial charge on any atom is 0.122 e. The van der Waals surface area contributed by atoms with Crippen molar-refractivity contribution < 1.29 is 19.7 Å². The van der Waals surface area contributed by atoms with E-state index in [-0.39, 0.29) is 17.3 Å². The number of benzene rings is 1. The molecule has 0 aliphatic heterocycles. The summed E-state index contributed by atoms with van der Waals surface area (Å²) >= 11 is 0. The van der Waals surface area contributed by atoms with E-state index in [9.17, 15) is 19.7 Å². The Bertz CT molecular complexity index is 541. The Hall–Kier alpha value is -1.55. The average Bonchev–Trinajstić information content (AvgIpc) is 2.42. The van der Waals surface area contributed by atoms with Crippen molar-refractivity contribution in [3.8, 4) is 11.5 Å². The molecule has 22 heavy (non-hydrogen) atoms. The lowest BCUT2D eigenvalue weighted by molar-refractivity contribution is 0.0430. The van der Waals surface area contributed by atoms with Crippen LogP contribution in [0.3, 0.4) is 0 Å². The van der Waals surface area contributed by atoms with Gasteiger partial charge in [0.15, 0.2) is 0 Å². The molecule has 124 valence electrons. The molecule has 0 saturated carbocycles. The minimum absolute atomic E-state index is 0.183. The van der Waals surface area contributed by atoms with Crippen molar-refractivity contribution in [2.45, 2.75) is 65.9 Å². The predicted molar refractivity (Wildman–Crippen MR) is 87.0 cm³/mol. The first-order valence-corrected chi connectivity index (χ1v) is 7.62. The standard InChI is InChI=1S/C18H27FO3/c1-11(19)7-6-9-18(5,22)10-8-15-14(4)16(20)12(2)13(3)17(15)21/h7,20-22H,6,8-10H2,1-5H3/b11-7-/t18-/m1/s1. The van der Waals surface area contributed by atoms with Crippen molar-refractivity contribution in [2.75, 3.05) is 0 Å². The van der Waals surface area contributed by atoms with Crippen LogP contribution in [0.15, 0.2) is 11.9 Å². The molecule has 0 radical (unpaired) electrons. The van der Waals surface area contributed by atoms with Gasteiger partial charge >= 0.3 is 0 Å². The average molecular weight is 310 g/mol. The van der Waals surface area contributed by atoms with Crippen LogP contribution in [0.5, 0.6) is 11.5 Å². The third-order valence-corrected chi connectivity index (χ3v) is 4.39. The topological polar surface area (TPSA) is 60.7 Å². The molecule has 3 nitrogen and oxygen atoms in total. The number of aromatic hydroxyl groups is 2. The molecule has 0 aliphatic carbocycles. The molecular weight excluding hydrogens is 283 g/mol. The SMILES string of the molecule is C/C(F)=C/CC[C@@](C)(O)CCc1c(C)c(O)c(C)c(C)c1O. The molecule has 1 aromatic rings. The first-order chi connectivity index (χ1) is 10.1. The second-order valence-corrected chi connectivity index (χ2v) is 6.38. The van der Waals surface area contributed by atoms with Gasteiger partial charge in [0.1, 0.15) is 11.5 Å². The summed E-state index contributed by atoms with van der Waals surface area (Å²) in [6.07, 6.45) is 3.27. The van der Waals surface area contributed by atoms with Gasteiger partial charge in [-0.15, -0.1) is 0 Å². The lowest BCUT2D eigenvalue weighted by atomic mass is 9.88. The maximum absolute atomic E-state index is 12.7. The van der Waals surface area contributed by atoms with Crippen LogP contribution in [0, 0.1) is 20.8 Å². The maximum atomic E-state index is 12.7. The second kappa shape index (κ2) is 7.14. The molecule has 0 amide bonds. The van der Waals surface area contributed by atoms with Gasteiger partial charge in [-0.2, -0.15) is 0 Å². The number of rotatable bonds is 6.